The van der Waals surface area contributed by atoms with Crippen LogP contribution in [0.4, 0.5) is 0 Å². The molecule has 4 heteroatoms. The number of amides is 1. The maximum atomic E-state index is 12.7. The van der Waals surface area contributed by atoms with Crippen LogP contribution < -0.4 is 22.3 Å². The van der Waals surface area contributed by atoms with Gasteiger partial charge < -0.3 is 26.8 Å². The number of carbonyl (C=O) groups is 1. The van der Waals surface area contributed by atoms with E-state index >= 15 is 0 Å². The average molecular weight is 377 g/mol. The van der Waals surface area contributed by atoms with Gasteiger partial charge in [0, 0.05) is 0 Å². The molecule has 1 N–H and O–H groups in total. The van der Waals surface area contributed by atoms with E-state index in [4.69, 9.17) is 0 Å². The molecule has 0 fully saturated rings. The Balaban J connectivity index is 0.00000264. The summed E-state index contributed by atoms with van der Waals surface area (Å²) in [6.45, 7) is 1.58. The second-order valence-corrected chi connectivity index (χ2v) is 6.56. The van der Waals surface area contributed by atoms with Crippen molar-refractivity contribution in [3.05, 3.63) is 71.8 Å². The first-order valence-electron chi connectivity index (χ1n) is 7.65. The average Bonchev–Trinajstić information content (AvgIpc) is 2.48. The predicted molar refractivity (Wildman–Crippen MR) is 90.6 cm³/mol. The number of nitrogens with zero attached hydrogens (tertiary/aromatic N) is 1. The molecule has 0 saturated carbocycles. The summed E-state index contributed by atoms with van der Waals surface area (Å²) >= 11 is 0. The Bertz CT molecular complexity index is 554. The fourth-order valence-corrected chi connectivity index (χ4v) is 2.40. The molecule has 2 rings (SSSR count). The number of quaternary nitrogens is 1. The van der Waals surface area contributed by atoms with Crippen molar-refractivity contribution in [1.29, 1.82) is 0 Å². The van der Waals surface area contributed by atoms with Crippen LogP contribution >= 0.6 is 0 Å². The Hall–Kier alpha value is -1.65. The van der Waals surface area contributed by atoms with Crippen LogP contribution in [0.5, 0.6) is 0 Å². The number of nitrogens with one attached hydrogen (secondary N) is 1. The van der Waals surface area contributed by atoms with Crippen molar-refractivity contribution in [2.24, 2.45) is 0 Å². The van der Waals surface area contributed by atoms with Crippen LogP contribution in [-0.4, -0.2) is 44.6 Å². The summed E-state index contributed by atoms with van der Waals surface area (Å²) in [6.07, 6.45) is 0. The normalized spacial score (nSPS) is 11.0. The number of hydrogen-bond donors (Lipinski definition) is 1. The van der Waals surface area contributed by atoms with E-state index in [0.717, 1.165) is 22.2 Å². The fourth-order valence-electron chi connectivity index (χ4n) is 2.40. The number of likely N-dealkylation sites (N-methyl/N-ethyl adjacent to an activating group) is 1. The minimum absolute atomic E-state index is 0. The number of hydrogen-bond acceptors (Lipinski definition) is 1. The second kappa shape index (κ2) is 8.85. The minimum Gasteiger partial charge on any atom is -1.00 e. The largest absolute Gasteiger partial charge is 1.00 e. The van der Waals surface area contributed by atoms with Gasteiger partial charge in [-0.3, -0.25) is 4.79 Å². The first-order chi connectivity index (χ1) is 10.5. The highest BCUT2D eigenvalue weighted by Gasteiger charge is 2.22. The summed E-state index contributed by atoms with van der Waals surface area (Å²) in [6, 6.07) is 19.9. The molecule has 2 aromatic carbocycles. The smallest absolute Gasteiger partial charge is 0.232 e. The first-order valence-corrected chi connectivity index (χ1v) is 7.65. The van der Waals surface area contributed by atoms with Gasteiger partial charge in [0.15, 0.2) is 0 Å². The van der Waals surface area contributed by atoms with Crippen LogP contribution in [0.25, 0.3) is 0 Å². The maximum absolute atomic E-state index is 12.7. The lowest BCUT2D eigenvalue weighted by molar-refractivity contribution is -0.869. The van der Waals surface area contributed by atoms with Gasteiger partial charge in [-0.2, -0.15) is 0 Å². The molecular formula is C19H25BrN2O. The van der Waals surface area contributed by atoms with E-state index in [1.807, 2.05) is 60.7 Å². The Morgan fingerprint density at radius 3 is 1.74 bits per heavy atom. The molecule has 0 spiro atoms. The SMILES string of the molecule is C[N+](C)(C)CCNC(=O)C(c1ccccc1)c1ccccc1.[Br-]. The summed E-state index contributed by atoms with van der Waals surface area (Å²) in [4.78, 5) is 12.7. The molecule has 0 aliphatic rings. The van der Waals surface area contributed by atoms with Crippen molar-refractivity contribution in [1.82, 2.24) is 5.32 Å². The zero-order chi connectivity index (χ0) is 16.0. The standard InChI is InChI=1S/C19H24N2O.BrH/c1-21(2,3)15-14-20-19(22)18(16-10-6-4-7-11-16)17-12-8-5-9-13-17;/h4-13,18H,14-15H2,1-3H3;1H. The highest BCUT2D eigenvalue weighted by atomic mass is 79.9. The summed E-state index contributed by atoms with van der Waals surface area (Å²) in [7, 11) is 6.37. The molecule has 0 aromatic heterocycles. The van der Waals surface area contributed by atoms with Gasteiger partial charge in [-0.25, -0.2) is 0 Å². The third kappa shape index (κ3) is 6.16. The van der Waals surface area contributed by atoms with Crippen molar-refractivity contribution in [2.75, 3.05) is 34.2 Å². The van der Waals surface area contributed by atoms with Gasteiger partial charge in [0.05, 0.1) is 40.2 Å². The van der Waals surface area contributed by atoms with Gasteiger partial charge in [0.25, 0.3) is 0 Å². The van der Waals surface area contributed by atoms with Crippen molar-refractivity contribution < 1.29 is 26.3 Å². The van der Waals surface area contributed by atoms with E-state index < -0.39 is 0 Å². The Labute approximate surface area is 149 Å². The molecule has 0 aliphatic carbocycles. The predicted octanol–water partition coefficient (Wildman–Crippen LogP) is -0.355. The van der Waals surface area contributed by atoms with E-state index in [9.17, 15) is 4.79 Å². The lowest BCUT2D eigenvalue weighted by atomic mass is 9.90. The molecule has 1 amide bonds. The fraction of sp³-hybridized carbons (Fsp3) is 0.316. The highest BCUT2D eigenvalue weighted by Crippen LogP contribution is 2.24. The lowest BCUT2D eigenvalue weighted by Gasteiger charge is -2.25. The number of carbonyl (C=O) groups excluding carboxylic acids is 1. The Morgan fingerprint density at radius 1 is 0.913 bits per heavy atom. The van der Waals surface area contributed by atoms with Crippen molar-refractivity contribution >= 4 is 5.91 Å². The van der Waals surface area contributed by atoms with Gasteiger partial charge in [-0.15, -0.1) is 0 Å². The van der Waals surface area contributed by atoms with Crippen LogP contribution in [0.1, 0.15) is 17.0 Å². The van der Waals surface area contributed by atoms with Crippen molar-refractivity contribution in [3.8, 4) is 0 Å². The third-order valence-electron chi connectivity index (χ3n) is 3.61. The molecule has 0 atom stereocenters. The van der Waals surface area contributed by atoms with E-state index in [0.29, 0.717) is 6.54 Å². The monoisotopic (exact) mass is 376 g/mol. The van der Waals surface area contributed by atoms with Gasteiger partial charge in [-0.05, 0) is 11.1 Å². The Morgan fingerprint density at radius 2 is 1.35 bits per heavy atom. The van der Waals surface area contributed by atoms with Crippen LogP contribution in [0.3, 0.4) is 0 Å². The third-order valence-corrected chi connectivity index (χ3v) is 3.61. The Kier molecular flexibility index (Phi) is 7.46. The van der Waals surface area contributed by atoms with Crippen LogP contribution in [0.15, 0.2) is 60.7 Å². The number of benzene rings is 2. The molecular weight excluding hydrogens is 352 g/mol. The minimum atomic E-state index is -0.255. The molecule has 0 saturated heterocycles. The second-order valence-electron chi connectivity index (χ2n) is 6.56. The summed E-state index contributed by atoms with van der Waals surface area (Å²) in [5.74, 6) is -0.194. The molecule has 23 heavy (non-hydrogen) atoms. The van der Waals surface area contributed by atoms with E-state index in [1.54, 1.807) is 0 Å². The zero-order valence-corrected chi connectivity index (χ0v) is 15.6. The van der Waals surface area contributed by atoms with Gasteiger partial charge >= 0.3 is 0 Å². The van der Waals surface area contributed by atoms with Crippen LogP contribution in [-0.2, 0) is 4.79 Å². The molecule has 2 aromatic rings. The topological polar surface area (TPSA) is 29.1 Å². The molecule has 124 valence electrons. The van der Waals surface area contributed by atoms with Gasteiger partial charge in [-0.1, -0.05) is 60.7 Å². The van der Waals surface area contributed by atoms with E-state index in [1.165, 1.54) is 0 Å². The molecule has 0 bridgehead atoms. The maximum Gasteiger partial charge on any atom is 0.232 e. The summed E-state index contributed by atoms with van der Waals surface area (Å²) < 4.78 is 0.835. The lowest BCUT2D eigenvalue weighted by Crippen LogP contribution is -3.00. The van der Waals surface area contributed by atoms with Crippen molar-refractivity contribution in [3.63, 3.8) is 0 Å². The number of rotatable bonds is 6. The number of halogens is 1. The highest BCUT2D eigenvalue weighted by molar-refractivity contribution is 5.87. The van der Waals surface area contributed by atoms with Crippen LogP contribution in [0.2, 0.25) is 0 Å². The van der Waals surface area contributed by atoms with Crippen LogP contribution in [0, 0.1) is 0 Å². The van der Waals surface area contributed by atoms with Gasteiger partial charge in [0.1, 0.15) is 0 Å². The molecule has 0 unspecified atom stereocenters. The van der Waals surface area contributed by atoms with Gasteiger partial charge in [0.2, 0.25) is 5.91 Å². The summed E-state index contributed by atoms with van der Waals surface area (Å²) in [5.41, 5.74) is 2.05. The summed E-state index contributed by atoms with van der Waals surface area (Å²) in [5, 5.41) is 3.08. The zero-order valence-electron chi connectivity index (χ0n) is 14.0. The molecule has 0 aliphatic heterocycles. The van der Waals surface area contributed by atoms with E-state index in [-0.39, 0.29) is 28.8 Å². The quantitative estimate of drug-likeness (QED) is 0.685. The molecule has 3 nitrogen and oxygen atoms in total. The van der Waals surface area contributed by atoms with E-state index in [2.05, 4.69) is 26.5 Å². The molecule has 0 heterocycles. The first kappa shape index (κ1) is 19.4. The van der Waals surface area contributed by atoms with Crippen molar-refractivity contribution in [2.45, 2.75) is 5.92 Å². The molecule has 0 radical (unpaired) electrons.